The van der Waals surface area contributed by atoms with E-state index in [1.807, 2.05) is 0 Å². The summed E-state index contributed by atoms with van der Waals surface area (Å²) in [5, 5.41) is 12.7. The molecule has 1 aliphatic heterocycles. The lowest BCUT2D eigenvalue weighted by molar-refractivity contribution is 0.0702. The summed E-state index contributed by atoms with van der Waals surface area (Å²) < 4.78 is 0. The SMILES string of the molecule is CC(C)C[C@@H]1CCNC[C@H]1O. The molecule has 0 aromatic rings. The lowest BCUT2D eigenvalue weighted by Crippen LogP contribution is -2.40. The van der Waals surface area contributed by atoms with E-state index in [1.54, 1.807) is 0 Å². The van der Waals surface area contributed by atoms with Crippen LogP contribution in [-0.2, 0) is 0 Å². The van der Waals surface area contributed by atoms with Gasteiger partial charge in [-0.15, -0.1) is 0 Å². The molecule has 0 aromatic heterocycles. The zero-order valence-electron chi connectivity index (χ0n) is 7.51. The fourth-order valence-electron chi connectivity index (χ4n) is 1.78. The first-order chi connectivity index (χ1) is 5.20. The van der Waals surface area contributed by atoms with E-state index in [9.17, 15) is 5.11 Å². The number of hydrogen-bond acceptors (Lipinski definition) is 2. The standard InChI is InChI=1S/C9H19NO/c1-7(2)5-8-3-4-10-6-9(8)11/h7-11H,3-6H2,1-2H3/t8-,9+/m0/s1. The summed E-state index contributed by atoms with van der Waals surface area (Å²) in [4.78, 5) is 0. The second-order valence-electron chi connectivity index (χ2n) is 3.95. The number of aliphatic hydroxyl groups is 1. The van der Waals surface area contributed by atoms with Crippen LogP contribution in [0.25, 0.3) is 0 Å². The molecule has 2 nitrogen and oxygen atoms in total. The molecular weight excluding hydrogens is 138 g/mol. The molecule has 1 saturated heterocycles. The molecule has 11 heavy (non-hydrogen) atoms. The van der Waals surface area contributed by atoms with Crippen molar-refractivity contribution >= 4 is 0 Å². The smallest absolute Gasteiger partial charge is 0.0693 e. The zero-order chi connectivity index (χ0) is 8.27. The molecule has 0 bridgehead atoms. The summed E-state index contributed by atoms with van der Waals surface area (Å²) in [5.74, 6) is 1.25. The van der Waals surface area contributed by atoms with Crippen molar-refractivity contribution in [3.63, 3.8) is 0 Å². The third-order valence-electron chi connectivity index (χ3n) is 2.36. The van der Waals surface area contributed by atoms with Crippen LogP contribution < -0.4 is 5.32 Å². The number of nitrogens with one attached hydrogen (secondary N) is 1. The van der Waals surface area contributed by atoms with Crippen LogP contribution in [0, 0.1) is 11.8 Å². The topological polar surface area (TPSA) is 32.3 Å². The molecule has 0 saturated carbocycles. The molecule has 0 spiro atoms. The number of aliphatic hydroxyl groups excluding tert-OH is 1. The van der Waals surface area contributed by atoms with Gasteiger partial charge in [0.2, 0.25) is 0 Å². The van der Waals surface area contributed by atoms with Gasteiger partial charge in [-0.3, -0.25) is 0 Å². The Morgan fingerprint density at radius 2 is 2.27 bits per heavy atom. The summed E-state index contributed by atoms with van der Waals surface area (Å²) in [5.41, 5.74) is 0. The summed E-state index contributed by atoms with van der Waals surface area (Å²) in [6.45, 7) is 6.30. The Bertz CT molecular complexity index is 114. The third-order valence-corrected chi connectivity index (χ3v) is 2.36. The van der Waals surface area contributed by atoms with Crippen molar-refractivity contribution in [2.24, 2.45) is 11.8 Å². The molecule has 2 heteroatoms. The van der Waals surface area contributed by atoms with Gasteiger partial charge in [0.25, 0.3) is 0 Å². The van der Waals surface area contributed by atoms with Crippen LogP contribution >= 0.6 is 0 Å². The molecule has 0 aromatic carbocycles. The maximum atomic E-state index is 9.56. The van der Waals surface area contributed by atoms with E-state index in [0.29, 0.717) is 11.8 Å². The summed E-state index contributed by atoms with van der Waals surface area (Å²) in [7, 11) is 0. The van der Waals surface area contributed by atoms with Gasteiger partial charge in [0.1, 0.15) is 0 Å². The Morgan fingerprint density at radius 1 is 1.55 bits per heavy atom. The van der Waals surface area contributed by atoms with E-state index in [1.165, 1.54) is 6.42 Å². The minimum Gasteiger partial charge on any atom is -0.392 e. The maximum absolute atomic E-state index is 9.56. The third kappa shape index (κ3) is 2.80. The lowest BCUT2D eigenvalue weighted by atomic mass is 9.87. The Labute approximate surface area is 69.0 Å². The van der Waals surface area contributed by atoms with Crippen LogP contribution in [0.2, 0.25) is 0 Å². The molecule has 0 radical (unpaired) electrons. The summed E-state index contributed by atoms with van der Waals surface area (Å²) >= 11 is 0. The van der Waals surface area contributed by atoms with Crippen LogP contribution in [0.15, 0.2) is 0 Å². The molecule has 2 atom stereocenters. The fraction of sp³-hybridized carbons (Fsp3) is 1.00. The molecule has 0 unspecified atom stereocenters. The molecule has 1 heterocycles. The maximum Gasteiger partial charge on any atom is 0.0693 e. The Hall–Kier alpha value is -0.0800. The first-order valence-electron chi connectivity index (χ1n) is 4.59. The highest BCUT2D eigenvalue weighted by atomic mass is 16.3. The predicted octanol–water partition coefficient (Wildman–Crippen LogP) is 1.00. The minimum atomic E-state index is -0.105. The highest BCUT2D eigenvalue weighted by molar-refractivity contribution is 4.77. The van der Waals surface area contributed by atoms with E-state index in [0.717, 1.165) is 19.5 Å². The van der Waals surface area contributed by atoms with Crippen LogP contribution in [0.3, 0.4) is 0 Å². The number of piperidine rings is 1. The van der Waals surface area contributed by atoms with E-state index < -0.39 is 0 Å². The monoisotopic (exact) mass is 157 g/mol. The van der Waals surface area contributed by atoms with E-state index in [-0.39, 0.29) is 6.10 Å². The quantitative estimate of drug-likeness (QED) is 0.627. The molecular formula is C9H19NO. The molecule has 2 N–H and O–H groups in total. The van der Waals surface area contributed by atoms with Gasteiger partial charge in [-0.05, 0) is 31.2 Å². The highest BCUT2D eigenvalue weighted by Crippen LogP contribution is 2.20. The van der Waals surface area contributed by atoms with Gasteiger partial charge in [0.15, 0.2) is 0 Å². The van der Waals surface area contributed by atoms with E-state index >= 15 is 0 Å². The van der Waals surface area contributed by atoms with Crippen molar-refractivity contribution in [3.8, 4) is 0 Å². The zero-order valence-corrected chi connectivity index (χ0v) is 7.51. The number of hydrogen-bond donors (Lipinski definition) is 2. The van der Waals surface area contributed by atoms with Gasteiger partial charge >= 0.3 is 0 Å². The number of rotatable bonds is 2. The van der Waals surface area contributed by atoms with Crippen molar-refractivity contribution in [2.75, 3.05) is 13.1 Å². The van der Waals surface area contributed by atoms with Crippen molar-refractivity contribution in [1.82, 2.24) is 5.32 Å². The minimum absolute atomic E-state index is 0.105. The van der Waals surface area contributed by atoms with Crippen LogP contribution in [-0.4, -0.2) is 24.3 Å². The molecule has 0 amide bonds. The Kier molecular flexibility index (Phi) is 3.34. The molecule has 66 valence electrons. The molecule has 1 fully saturated rings. The largest absolute Gasteiger partial charge is 0.392 e. The summed E-state index contributed by atoms with van der Waals surface area (Å²) in [6, 6.07) is 0. The van der Waals surface area contributed by atoms with Crippen molar-refractivity contribution in [1.29, 1.82) is 0 Å². The lowest BCUT2D eigenvalue weighted by Gasteiger charge is -2.29. The van der Waals surface area contributed by atoms with Gasteiger partial charge in [-0.1, -0.05) is 13.8 Å². The Morgan fingerprint density at radius 3 is 2.82 bits per heavy atom. The normalized spacial score (nSPS) is 32.7. The van der Waals surface area contributed by atoms with Crippen molar-refractivity contribution in [3.05, 3.63) is 0 Å². The molecule has 0 aliphatic carbocycles. The molecule has 1 aliphatic rings. The summed E-state index contributed by atoms with van der Waals surface area (Å²) in [6.07, 6.45) is 2.20. The van der Waals surface area contributed by atoms with Crippen LogP contribution in [0.4, 0.5) is 0 Å². The second-order valence-corrected chi connectivity index (χ2v) is 3.95. The number of β-amino-alcohol motifs (C(OH)–C–C–N with tert-alkyl or cyclic N) is 1. The van der Waals surface area contributed by atoms with Crippen molar-refractivity contribution in [2.45, 2.75) is 32.8 Å². The molecule has 1 rings (SSSR count). The van der Waals surface area contributed by atoms with Gasteiger partial charge in [0, 0.05) is 6.54 Å². The van der Waals surface area contributed by atoms with Gasteiger partial charge in [-0.25, -0.2) is 0 Å². The van der Waals surface area contributed by atoms with Crippen LogP contribution in [0.5, 0.6) is 0 Å². The Balaban J connectivity index is 2.29. The van der Waals surface area contributed by atoms with Crippen molar-refractivity contribution < 1.29 is 5.11 Å². The van der Waals surface area contributed by atoms with Crippen LogP contribution in [0.1, 0.15) is 26.7 Å². The van der Waals surface area contributed by atoms with Gasteiger partial charge in [-0.2, -0.15) is 0 Å². The average molecular weight is 157 g/mol. The average Bonchev–Trinajstić information content (AvgIpc) is 1.93. The first kappa shape index (κ1) is 9.01. The van der Waals surface area contributed by atoms with E-state index in [4.69, 9.17) is 0 Å². The highest BCUT2D eigenvalue weighted by Gasteiger charge is 2.22. The second kappa shape index (κ2) is 4.07. The van der Waals surface area contributed by atoms with E-state index in [2.05, 4.69) is 19.2 Å². The predicted molar refractivity (Wildman–Crippen MR) is 46.4 cm³/mol. The van der Waals surface area contributed by atoms with Gasteiger partial charge < -0.3 is 10.4 Å². The fourth-order valence-corrected chi connectivity index (χ4v) is 1.78. The van der Waals surface area contributed by atoms with Gasteiger partial charge in [0.05, 0.1) is 6.10 Å². The first-order valence-corrected chi connectivity index (χ1v) is 4.59.